The number of nitrogens with one attached hydrogen (secondary N) is 2. The molecule has 0 fully saturated rings. The Kier molecular flexibility index (Phi) is 5.16. The predicted molar refractivity (Wildman–Crippen MR) is 90.1 cm³/mol. The van der Waals surface area contributed by atoms with Crippen molar-refractivity contribution in [2.45, 2.75) is 10.7 Å². The minimum Gasteiger partial charge on any atom is -0.332 e. The molecular formula is C12H10Cl3N5S. The van der Waals surface area contributed by atoms with Crippen LogP contribution in [0.5, 0.6) is 0 Å². The highest BCUT2D eigenvalue weighted by Gasteiger charge is 2.27. The van der Waals surface area contributed by atoms with Gasteiger partial charge in [0, 0.05) is 5.69 Å². The summed E-state index contributed by atoms with van der Waals surface area (Å²) in [6, 6.07) is 9.43. The average molecular weight is 363 g/mol. The highest BCUT2D eigenvalue weighted by Crippen LogP contribution is 2.35. The van der Waals surface area contributed by atoms with Crippen molar-refractivity contribution in [2.75, 3.05) is 10.6 Å². The number of hydrogen-bond acceptors (Lipinski definition) is 4. The number of nitrogens with zero attached hydrogens (tertiary/aromatic N) is 3. The number of rotatable bonds is 2. The van der Waals surface area contributed by atoms with Crippen LogP contribution in [0.3, 0.4) is 0 Å². The SMILES string of the molecule is Cc1nc(NC(=S)Nc2ccccc2)nc(C(Cl)(Cl)Cl)n1. The van der Waals surface area contributed by atoms with Gasteiger partial charge in [-0.15, -0.1) is 0 Å². The van der Waals surface area contributed by atoms with Crippen molar-refractivity contribution in [1.82, 2.24) is 15.0 Å². The molecule has 9 heteroatoms. The zero-order chi connectivity index (χ0) is 15.5. The summed E-state index contributed by atoms with van der Waals surface area (Å²) in [5.41, 5.74) is 0.836. The summed E-state index contributed by atoms with van der Waals surface area (Å²) < 4.78 is -1.72. The molecule has 1 aromatic heterocycles. The number of aromatic nitrogens is 3. The van der Waals surface area contributed by atoms with Crippen molar-refractivity contribution in [3.05, 3.63) is 42.0 Å². The maximum Gasteiger partial charge on any atom is 0.250 e. The summed E-state index contributed by atoms with van der Waals surface area (Å²) in [7, 11) is 0. The van der Waals surface area contributed by atoms with E-state index in [1.54, 1.807) is 6.92 Å². The Balaban J connectivity index is 2.12. The van der Waals surface area contributed by atoms with Gasteiger partial charge in [0.05, 0.1) is 0 Å². The molecule has 1 heterocycles. The molecule has 0 spiro atoms. The molecule has 21 heavy (non-hydrogen) atoms. The average Bonchev–Trinajstić information content (AvgIpc) is 2.37. The number of thiocarbonyl (C=S) groups is 1. The molecule has 0 atom stereocenters. The summed E-state index contributed by atoms with van der Waals surface area (Å²) in [6.45, 7) is 1.67. The molecule has 0 amide bonds. The van der Waals surface area contributed by atoms with Crippen molar-refractivity contribution < 1.29 is 0 Å². The van der Waals surface area contributed by atoms with Gasteiger partial charge in [0.2, 0.25) is 9.74 Å². The molecule has 110 valence electrons. The van der Waals surface area contributed by atoms with Gasteiger partial charge in [0.25, 0.3) is 0 Å². The van der Waals surface area contributed by atoms with Gasteiger partial charge in [0.15, 0.2) is 10.9 Å². The number of halogens is 3. The second-order valence-corrected chi connectivity index (χ2v) is 6.66. The lowest BCUT2D eigenvalue weighted by atomic mass is 10.3. The van der Waals surface area contributed by atoms with Crippen molar-refractivity contribution in [2.24, 2.45) is 0 Å². The van der Waals surface area contributed by atoms with Gasteiger partial charge in [-0.05, 0) is 31.3 Å². The number of anilines is 2. The lowest BCUT2D eigenvalue weighted by Gasteiger charge is -2.13. The van der Waals surface area contributed by atoms with E-state index in [9.17, 15) is 0 Å². The highest BCUT2D eigenvalue weighted by atomic mass is 35.6. The third kappa shape index (κ3) is 4.93. The van der Waals surface area contributed by atoms with Crippen LogP contribution < -0.4 is 10.6 Å². The van der Waals surface area contributed by atoms with E-state index < -0.39 is 3.79 Å². The smallest absolute Gasteiger partial charge is 0.250 e. The summed E-state index contributed by atoms with van der Waals surface area (Å²) >= 11 is 22.5. The zero-order valence-corrected chi connectivity index (χ0v) is 13.9. The van der Waals surface area contributed by atoms with E-state index in [1.165, 1.54) is 0 Å². The molecule has 0 saturated carbocycles. The topological polar surface area (TPSA) is 62.7 Å². The molecule has 2 rings (SSSR count). The van der Waals surface area contributed by atoms with Crippen LogP contribution in [0.2, 0.25) is 0 Å². The van der Waals surface area contributed by atoms with Crippen LogP contribution in [0.25, 0.3) is 0 Å². The maximum atomic E-state index is 5.77. The van der Waals surface area contributed by atoms with Crippen LogP contribution in [-0.2, 0) is 3.79 Å². The molecule has 2 N–H and O–H groups in total. The highest BCUT2D eigenvalue weighted by molar-refractivity contribution is 7.80. The molecule has 0 aliphatic carbocycles. The standard InChI is InChI=1S/C12H10Cl3N5S/c1-7-16-9(12(13,14)15)19-10(17-7)20-11(21)18-8-5-3-2-4-6-8/h2-6H,1H3,(H2,16,17,18,19,20,21). The minimum absolute atomic E-state index is 0.0324. The molecule has 0 unspecified atom stereocenters. The van der Waals surface area contributed by atoms with Gasteiger partial charge >= 0.3 is 0 Å². The van der Waals surface area contributed by atoms with Crippen molar-refractivity contribution in [3.63, 3.8) is 0 Å². The third-order valence-electron chi connectivity index (χ3n) is 2.26. The largest absolute Gasteiger partial charge is 0.332 e. The monoisotopic (exact) mass is 361 g/mol. The van der Waals surface area contributed by atoms with Gasteiger partial charge in [-0.1, -0.05) is 53.0 Å². The van der Waals surface area contributed by atoms with Gasteiger partial charge in [-0.2, -0.15) is 9.97 Å². The normalized spacial score (nSPS) is 11.0. The number of benzene rings is 1. The van der Waals surface area contributed by atoms with E-state index in [0.717, 1.165) is 5.69 Å². The summed E-state index contributed by atoms with van der Waals surface area (Å²) in [5.74, 6) is 0.651. The summed E-state index contributed by atoms with van der Waals surface area (Å²) in [4.78, 5) is 12.1. The fourth-order valence-electron chi connectivity index (χ4n) is 1.45. The second kappa shape index (κ2) is 6.70. The Bertz CT molecular complexity index is 645. The molecule has 1 aromatic carbocycles. The van der Waals surface area contributed by atoms with Crippen LogP contribution in [0.15, 0.2) is 30.3 Å². The van der Waals surface area contributed by atoms with E-state index in [1.807, 2.05) is 30.3 Å². The van der Waals surface area contributed by atoms with Gasteiger partial charge in [-0.25, -0.2) is 4.98 Å². The molecule has 5 nitrogen and oxygen atoms in total. The Morgan fingerprint density at radius 1 is 1.05 bits per heavy atom. The van der Waals surface area contributed by atoms with E-state index >= 15 is 0 Å². The van der Waals surface area contributed by atoms with Crippen LogP contribution in [-0.4, -0.2) is 20.1 Å². The molecule has 0 aliphatic rings. The first-order chi connectivity index (χ1) is 9.84. The first kappa shape index (κ1) is 16.2. The van der Waals surface area contributed by atoms with Crippen LogP contribution in [0.4, 0.5) is 11.6 Å². The molecule has 2 aromatic rings. The molecular weight excluding hydrogens is 353 g/mol. The molecule has 0 radical (unpaired) electrons. The number of para-hydroxylation sites is 1. The van der Waals surface area contributed by atoms with Crippen LogP contribution >= 0.6 is 47.0 Å². The summed E-state index contributed by atoms with van der Waals surface area (Å²) in [5, 5.41) is 6.14. The number of alkyl halides is 3. The van der Waals surface area contributed by atoms with Crippen LogP contribution in [0.1, 0.15) is 11.6 Å². The predicted octanol–water partition coefficient (Wildman–Crippen LogP) is 3.82. The van der Waals surface area contributed by atoms with E-state index in [-0.39, 0.29) is 11.8 Å². The minimum atomic E-state index is -1.72. The molecule has 0 saturated heterocycles. The number of aryl methyl sites for hydroxylation is 1. The first-order valence-electron chi connectivity index (χ1n) is 5.77. The van der Waals surface area contributed by atoms with Crippen LogP contribution in [0, 0.1) is 6.92 Å². The lowest BCUT2D eigenvalue weighted by Crippen LogP contribution is -2.22. The molecule has 0 aliphatic heterocycles. The van der Waals surface area contributed by atoms with Gasteiger partial charge < -0.3 is 10.6 Å². The third-order valence-corrected chi connectivity index (χ3v) is 2.97. The Morgan fingerprint density at radius 3 is 2.33 bits per heavy atom. The van der Waals surface area contributed by atoms with Gasteiger partial charge in [0.1, 0.15) is 5.82 Å². The molecule has 0 bridgehead atoms. The van der Waals surface area contributed by atoms with Crippen molar-refractivity contribution in [3.8, 4) is 0 Å². The maximum absolute atomic E-state index is 5.77. The van der Waals surface area contributed by atoms with E-state index in [4.69, 9.17) is 47.0 Å². The zero-order valence-electron chi connectivity index (χ0n) is 10.8. The Labute approximate surface area is 142 Å². The van der Waals surface area contributed by atoms with Crippen molar-refractivity contribution >= 4 is 63.8 Å². The first-order valence-corrected chi connectivity index (χ1v) is 7.32. The number of hydrogen-bond donors (Lipinski definition) is 2. The fraction of sp³-hybridized carbons (Fsp3) is 0.167. The van der Waals surface area contributed by atoms with Crippen molar-refractivity contribution in [1.29, 1.82) is 0 Å². The second-order valence-electron chi connectivity index (χ2n) is 3.97. The Morgan fingerprint density at radius 2 is 1.71 bits per heavy atom. The van der Waals surface area contributed by atoms with Gasteiger partial charge in [-0.3, -0.25) is 0 Å². The van der Waals surface area contributed by atoms with E-state index in [2.05, 4.69) is 25.6 Å². The quantitative estimate of drug-likeness (QED) is 0.625. The Hall–Kier alpha value is -1.21. The lowest BCUT2D eigenvalue weighted by molar-refractivity contribution is 0.886. The fourth-order valence-corrected chi connectivity index (χ4v) is 1.91. The van der Waals surface area contributed by atoms with E-state index in [0.29, 0.717) is 10.9 Å². The summed E-state index contributed by atoms with van der Waals surface area (Å²) in [6.07, 6.45) is 0.